The minimum atomic E-state index is -0.576. The standard InChI is InChI=1S/C16H11BrClFO3/c1-22-16-7-9(11(17)8-15(16)21)3-5-14(20)10-2-4-13(19)12(18)6-10/h2-8,21H,1H3/b5-3+. The van der Waals surface area contributed by atoms with Crippen molar-refractivity contribution in [1.82, 2.24) is 0 Å². The Morgan fingerprint density at radius 3 is 2.73 bits per heavy atom. The number of benzene rings is 2. The van der Waals surface area contributed by atoms with E-state index in [1.807, 2.05) is 0 Å². The highest BCUT2D eigenvalue weighted by atomic mass is 79.9. The Hall–Kier alpha value is -1.85. The summed E-state index contributed by atoms with van der Waals surface area (Å²) in [4.78, 5) is 12.1. The molecule has 0 saturated heterocycles. The van der Waals surface area contributed by atoms with Crippen LogP contribution in [0.5, 0.6) is 11.5 Å². The van der Waals surface area contributed by atoms with E-state index in [0.717, 1.165) is 6.07 Å². The number of allylic oxidation sites excluding steroid dienone is 1. The van der Waals surface area contributed by atoms with Gasteiger partial charge in [0.2, 0.25) is 0 Å². The van der Waals surface area contributed by atoms with Gasteiger partial charge in [0.15, 0.2) is 17.3 Å². The highest BCUT2D eigenvalue weighted by Gasteiger charge is 2.08. The third-order valence-electron chi connectivity index (χ3n) is 2.92. The molecule has 0 saturated carbocycles. The third-order valence-corrected chi connectivity index (χ3v) is 3.89. The number of halogens is 3. The van der Waals surface area contributed by atoms with Crippen molar-refractivity contribution in [3.8, 4) is 11.5 Å². The first kappa shape index (κ1) is 16.5. The molecule has 6 heteroatoms. The first-order valence-electron chi connectivity index (χ1n) is 6.16. The fourth-order valence-electron chi connectivity index (χ4n) is 1.76. The van der Waals surface area contributed by atoms with Crippen LogP contribution in [-0.4, -0.2) is 18.0 Å². The Kier molecular flexibility index (Phi) is 5.21. The van der Waals surface area contributed by atoms with Crippen LogP contribution in [0.2, 0.25) is 5.02 Å². The number of hydrogen-bond acceptors (Lipinski definition) is 3. The third kappa shape index (κ3) is 3.67. The number of rotatable bonds is 4. The number of phenolic OH excluding ortho intramolecular Hbond substituents is 1. The molecule has 0 amide bonds. The van der Waals surface area contributed by atoms with Crippen LogP contribution >= 0.6 is 27.5 Å². The molecule has 0 bridgehead atoms. The molecular weight excluding hydrogens is 375 g/mol. The average Bonchev–Trinajstić information content (AvgIpc) is 2.49. The second kappa shape index (κ2) is 6.94. The molecule has 0 atom stereocenters. The summed E-state index contributed by atoms with van der Waals surface area (Å²) in [6.45, 7) is 0. The number of phenols is 1. The van der Waals surface area contributed by atoms with Crippen molar-refractivity contribution in [2.45, 2.75) is 0 Å². The zero-order valence-electron chi connectivity index (χ0n) is 11.4. The van der Waals surface area contributed by atoms with Gasteiger partial charge >= 0.3 is 0 Å². The average molecular weight is 386 g/mol. The first-order valence-corrected chi connectivity index (χ1v) is 7.33. The van der Waals surface area contributed by atoms with Crippen molar-refractivity contribution in [2.24, 2.45) is 0 Å². The van der Waals surface area contributed by atoms with E-state index in [1.54, 1.807) is 12.1 Å². The highest BCUT2D eigenvalue weighted by molar-refractivity contribution is 9.10. The number of hydrogen-bond donors (Lipinski definition) is 1. The number of ether oxygens (including phenoxy) is 1. The maximum Gasteiger partial charge on any atom is 0.185 e. The molecule has 0 fully saturated rings. The van der Waals surface area contributed by atoms with Crippen LogP contribution in [0.15, 0.2) is 40.9 Å². The summed E-state index contributed by atoms with van der Waals surface area (Å²) in [5.74, 6) is -0.614. The minimum absolute atomic E-state index is 0.0110. The van der Waals surface area contributed by atoms with Crippen LogP contribution in [0.4, 0.5) is 4.39 Å². The molecule has 0 unspecified atom stereocenters. The Morgan fingerprint density at radius 2 is 2.09 bits per heavy atom. The van der Waals surface area contributed by atoms with Gasteiger partial charge in [-0.1, -0.05) is 27.5 Å². The predicted octanol–water partition coefficient (Wildman–Crippen LogP) is 4.85. The van der Waals surface area contributed by atoms with Crippen molar-refractivity contribution in [1.29, 1.82) is 0 Å². The SMILES string of the molecule is COc1cc(/C=C/C(=O)c2ccc(F)c(Cl)c2)c(Br)cc1O. The van der Waals surface area contributed by atoms with E-state index in [2.05, 4.69) is 15.9 Å². The van der Waals surface area contributed by atoms with Crippen LogP contribution < -0.4 is 4.74 Å². The molecule has 22 heavy (non-hydrogen) atoms. The van der Waals surface area contributed by atoms with Gasteiger partial charge in [0.05, 0.1) is 12.1 Å². The van der Waals surface area contributed by atoms with E-state index < -0.39 is 5.82 Å². The second-order valence-corrected chi connectivity index (χ2v) is 5.63. The van der Waals surface area contributed by atoms with E-state index in [1.165, 1.54) is 31.4 Å². The van der Waals surface area contributed by atoms with Crippen LogP contribution in [0.1, 0.15) is 15.9 Å². The molecule has 0 aliphatic rings. The molecule has 114 valence electrons. The van der Waals surface area contributed by atoms with Gasteiger partial charge in [0.25, 0.3) is 0 Å². The van der Waals surface area contributed by atoms with Gasteiger partial charge in [0.1, 0.15) is 5.82 Å². The first-order chi connectivity index (χ1) is 10.4. The van der Waals surface area contributed by atoms with Gasteiger partial charge in [-0.05, 0) is 48.0 Å². The molecule has 0 radical (unpaired) electrons. The number of carbonyl (C=O) groups is 1. The minimum Gasteiger partial charge on any atom is -0.504 e. The lowest BCUT2D eigenvalue weighted by molar-refractivity contribution is 0.104. The van der Waals surface area contributed by atoms with E-state index in [4.69, 9.17) is 16.3 Å². The lowest BCUT2D eigenvalue weighted by Gasteiger charge is -2.06. The van der Waals surface area contributed by atoms with Gasteiger partial charge in [-0.15, -0.1) is 0 Å². The zero-order chi connectivity index (χ0) is 16.3. The summed E-state index contributed by atoms with van der Waals surface area (Å²) in [7, 11) is 1.43. The van der Waals surface area contributed by atoms with Crippen LogP contribution in [0, 0.1) is 5.82 Å². The molecule has 2 aromatic rings. The Labute approximate surface area is 140 Å². The predicted molar refractivity (Wildman–Crippen MR) is 87.1 cm³/mol. The fourth-order valence-corrected chi connectivity index (χ4v) is 2.40. The molecule has 0 heterocycles. The van der Waals surface area contributed by atoms with E-state index in [-0.39, 0.29) is 22.1 Å². The zero-order valence-corrected chi connectivity index (χ0v) is 13.8. The van der Waals surface area contributed by atoms with Crippen molar-refractivity contribution in [2.75, 3.05) is 7.11 Å². The Balaban J connectivity index is 2.28. The summed E-state index contributed by atoms with van der Waals surface area (Å²) in [5, 5.41) is 9.53. The largest absolute Gasteiger partial charge is 0.504 e. The number of ketones is 1. The van der Waals surface area contributed by atoms with Gasteiger partial charge < -0.3 is 9.84 Å². The van der Waals surface area contributed by atoms with Gasteiger partial charge in [-0.3, -0.25) is 4.79 Å². The molecule has 0 spiro atoms. The van der Waals surface area contributed by atoms with Gasteiger partial charge in [0, 0.05) is 10.0 Å². The monoisotopic (exact) mass is 384 g/mol. The van der Waals surface area contributed by atoms with E-state index in [9.17, 15) is 14.3 Å². The summed E-state index contributed by atoms with van der Waals surface area (Å²) in [6.07, 6.45) is 2.89. The lowest BCUT2D eigenvalue weighted by atomic mass is 10.1. The highest BCUT2D eigenvalue weighted by Crippen LogP contribution is 2.33. The van der Waals surface area contributed by atoms with E-state index >= 15 is 0 Å². The summed E-state index contributed by atoms with van der Waals surface area (Å²) in [5.41, 5.74) is 0.931. The topological polar surface area (TPSA) is 46.5 Å². The van der Waals surface area contributed by atoms with Gasteiger partial charge in [-0.25, -0.2) is 4.39 Å². The summed E-state index contributed by atoms with van der Waals surface area (Å²) < 4.78 is 18.7. The Bertz CT molecular complexity index is 759. The molecule has 0 aromatic heterocycles. The van der Waals surface area contributed by atoms with Crippen molar-refractivity contribution >= 4 is 39.4 Å². The maximum absolute atomic E-state index is 13.1. The smallest absolute Gasteiger partial charge is 0.185 e. The molecular formula is C16H11BrClFO3. The fraction of sp³-hybridized carbons (Fsp3) is 0.0625. The molecule has 2 aromatic carbocycles. The van der Waals surface area contributed by atoms with Gasteiger partial charge in [-0.2, -0.15) is 0 Å². The van der Waals surface area contributed by atoms with Crippen LogP contribution in [0.3, 0.4) is 0 Å². The van der Waals surface area contributed by atoms with Crippen molar-refractivity contribution < 1.29 is 19.0 Å². The quantitative estimate of drug-likeness (QED) is 0.604. The number of methoxy groups -OCH3 is 1. The molecule has 1 N–H and O–H groups in total. The molecule has 0 aliphatic heterocycles. The Morgan fingerprint density at radius 1 is 1.36 bits per heavy atom. The van der Waals surface area contributed by atoms with Crippen molar-refractivity contribution in [3.63, 3.8) is 0 Å². The normalized spacial score (nSPS) is 10.9. The molecule has 0 aliphatic carbocycles. The van der Waals surface area contributed by atoms with Crippen molar-refractivity contribution in [3.05, 3.63) is 62.8 Å². The number of carbonyl (C=O) groups excluding carboxylic acids is 1. The maximum atomic E-state index is 13.1. The molecule has 2 rings (SSSR count). The van der Waals surface area contributed by atoms with Crippen LogP contribution in [-0.2, 0) is 0 Å². The number of aromatic hydroxyl groups is 1. The molecule has 3 nitrogen and oxygen atoms in total. The second-order valence-electron chi connectivity index (χ2n) is 4.37. The van der Waals surface area contributed by atoms with Crippen LogP contribution in [0.25, 0.3) is 6.08 Å². The lowest BCUT2D eigenvalue weighted by Crippen LogP contribution is -1.95. The summed E-state index contributed by atoms with van der Waals surface area (Å²) in [6, 6.07) is 6.83. The van der Waals surface area contributed by atoms with E-state index in [0.29, 0.717) is 15.8 Å². The summed E-state index contributed by atoms with van der Waals surface area (Å²) >= 11 is 8.94.